The first kappa shape index (κ1) is 19.9. The Kier molecular flexibility index (Phi) is 6.89. The average molecular weight is 372 g/mol. The predicted molar refractivity (Wildman–Crippen MR) is 108 cm³/mol. The van der Waals surface area contributed by atoms with Crippen LogP contribution < -0.4 is 11.1 Å². The molecule has 0 aromatic heterocycles. The van der Waals surface area contributed by atoms with E-state index >= 15 is 0 Å². The van der Waals surface area contributed by atoms with Gasteiger partial charge in [-0.05, 0) is 61.8 Å². The average Bonchev–Trinajstić information content (AvgIpc) is 3.23. The molecule has 3 rings (SSSR count). The number of anilines is 1. The smallest absolute Gasteiger partial charge is 0.224 e. The van der Waals surface area contributed by atoms with Crippen molar-refractivity contribution in [2.45, 2.75) is 64.2 Å². The number of benzene rings is 1. The number of nitrogens with zero attached hydrogens (tertiary/aromatic N) is 1. The molecule has 148 valence electrons. The molecule has 2 aliphatic rings. The second-order valence-corrected chi connectivity index (χ2v) is 8.27. The number of nitrogens with one attached hydrogen (secondary N) is 1. The summed E-state index contributed by atoms with van der Waals surface area (Å²) in [5.41, 5.74) is 7.92. The topological polar surface area (TPSA) is 75.4 Å². The van der Waals surface area contributed by atoms with Gasteiger partial charge in [-0.1, -0.05) is 31.4 Å². The Balaban J connectivity index is 1.46. The van der Waals surface area contributed by atoms with Crippen molar-refractivity contribution in [2.75, 3.05) is 25.0 Å². The molecule has 3 N–H and O–H groups in total. The van der Waals surface area contributed by atoms with Gasteiger partial charge in [0.05, 0.1) is 0 Å². The molecule has 27 heavy (non-hydrogen) atoms. The lowest BCUT2D eigenvalue weighted by Crippen LogP contribution is -2.36. The molecule has 0 bridgehead atoms. The van der Waals surface area contributed by atoms with E-state index in [0.29, 0.717) is 19.4 Å². The predicted octanol–water partition coefficient (Wildman–Crippen LogP) is 3.48. The van der Waals surface area contributed by atoms with E-state index in [4.69, 9.17) is 5.73 Å². The first-order chi connectivity index (χ1) is 13.1. The molecule has 2 amide bonds. The summed E-state index contributed by atoms with van der Waals surface area (Å²) in [6, 6.07) is 7.88. The summed E-state index contributed by atoms with van der Waals surface area (Å²) < 4.78 is 0. The quantitative estimate of drug-likeness (QED) is 0.770. The molecule has 1 aromatic rings. The summed E-state index contributed by atoms with van der Waals surface area (Å²) in [5.74, 6) is 0.309. The van der Waals surface area contributed by atoms with Crippen LogP contribution in [0.15, 0.2) is 24.3 Å². The first-order valence-electron chi connectivity index (χ1n) is 10.5. The second-order valence-electron chi connectivity index (χ2n) is 8.27. The molecule has 1 saturated carbocycles. The molecular weight excluding hydrogens is 338 g/mol. The number of rotatable bonds is 7. The second kappa shape index (κ2) is 9.36. The van der Waals surface area contributed by atoms with Crippen molar-refractivity contribution in [3.63, 3.8) is 0 Å². The summed E-state index contributed by atoms with van der Waals surface area (Å²) in [4.78, 5) is 26.6. The van der Waals surface area contributed by atoms with Crippen molar-refractivity contribution in [1.82, 2.24) is 4.90 Å². The van der Waals surface area contributed by atoms with E-state index in [-0.39, 0.29) is 17.2 Å². The van der Waals surface area contributed by atoms with Crippen LogP contribution in [0.3, 0.4) is 0 Å². The molecule has 1 aliphatic carbocycles. The molecular formula is C22H33N3O2. The Morgan fingerprint density at radius 1 is 1.00 bits per heavy atom. The number of carbonyl (C=O) groups is 2. The normalized spacial score (nSPS) is 19.1. The number of hydrogen-bond acceptors (Lipinski definition) is 3. The fraction of sp³-hybridized carbons (Fsp3) is 0.636. The van der Waals surface area contributed by atoms with E-state index < -0.39 is 0 Å². The Morgan fingerprint density at radius 3 is 2.30 bits per heavy atom. The minimum absolute atomic E-state index is 0.0157. The maximum atomic E-state index is 12.5. The molecule has 0 unspecified atom stereocenters. The van der Waals surface area contributed by atoms with Crippen LogP contribution in [0, 0.1) is 5.41 Å². The molecule has 0 radical (unpaired) electrons. The molecule has 1 aliphatic heterocycles. The standard InChI is InChI=1S/C22H33N3O2/c23-17-22(12-2-1-3-13-22)16-20(26)24-19-9-6-18(7-10-19)8-11-21(27)25-14-4-5-15-25/h6-7,9-10H,1-5,8,11-17,23H2,(H,24,26). The summed E-state index contributed by atoms with van der Waals surface area (Å²) >= 11 is 0. The van der Waals surface area contributed by atoms with Crippen LogP contribution in [0.25, 0.3) is 0 Å². The Morgan fingerprint density at radius 2 is 1.67 bits per heavy atom. The molecule has 2 fully saturated rings. The Labute approximate surface area is 162 Å². The first-order valence-corrected chi connectivity index (χ1v) is 10.5. The van der Waals surface area contributed by atoms with Gasteiger partial charge >= 0.3 is 0 Å². The lowest BCUT2D eigenvalue weighted by molar-refractivity contribution is -0.130. The summed E-state index contributed by atoms with van der Waals surface area (Å²) in [5, 5.41) is 3.02. The van der Waals surface area contributed by atoms with Crippen LogP contribution in [-0.2, 0) is 16.0 Å². The van der Waals surface area contributed by atoms with Crippen molar-refractivity contribution in [2.24, 2.45) is 11.1 Å². The highest BCUT2D eigenvalue weighted by Gasteiger charge is 2.32. The third-order valence-corrected chi connectivity index (χ3v) is 6.21. The van der Waals surface area contributed by atoms with Gasteiger partial charge < -0.3 is 16.0 Å². The maximum absolute atomic E-state index is 12.5. The molecule has 1 heterocycles. The van der Waals surface area contributed by atoms with Gasteiger partial charge in [-0.25, -0.2) is 0 Å². The zero-order chi connectivity index (χ0) is 19.1. The summed E-state index contributed by atoms with van der Waals surface area (Å²) in [7, 11) is 0. The summed E-state index contributed by atoms with van der Waals surface area (Å²) in [6.45, 7) is 2.41. The minimum Gasteiger partial charge on any atom is -0.343 e. The highest BCUT2D eigenvalue weighted by Crippen LogP contribution is 2.38. The lowest BCUT2D eigenvalue weighted by atomic mass is 9.71. The van der Waals surface area contributed by atoms with Gasteiger partial charge in [0, 0.05) is 31.6 Å². The lowest BCUT2D eigenvalue weighted by Gasteiger charge is -2.35. The Bertz CT molecular complexity index is 629. The van der Waals surface area contributed by atoms with Crippen molar-refractivity contribution in [3.05, 3.63) is 29.8 Å². The van der Waals surface area contributed by atoms with Crippen LogP contribution >= 0.6 is 0 Å². The van der Waals surface area contributed by atoms with Crippen molar-refractivity contribution in [1.29, 1.82) is 0 Å². The third kappa shape index (κ3) is 5.55. The van der Waals surface area contributed by atoms with Crippen LogP contribution in [0.4, 0.5) is 5.69 Å². The van der Waals surface area contributed by atoms with Crippen LogP contribution in [-0.4, -0.2) is 36.3 Å². The fourth-order valence-electron chi connectivity index (χ4n) is 4.43. The van der Waals surface area contributed by atoms with E-state index in [1.807, 2.05) is 29.2 Å². The van der Waals surface area contributed by atoms with Gasteiger partial charge in [0.2, 0.25) is 11.8 Å². The van der Waals surface area contributed by atoms with Crippen molar-refractivity contribution in [3.8, 4) is 0 Å². The van der Waals surface area contributed by atoms with E-state index in [1.54, 1.807) is 0 Å². The van der Waals surface area contributed by atoms with Crippen LogP contribution in [0.2, 0.25) is 0 Å². The number of aryl methyl sites for hydroxylation is 1. The molecule has 5 heteroatoms. The van der Waals surface area contributed by atoms with Crippen molar-refractivity contribution >= 4 is 17.5 Å². The number of hydrogen-bond donors (Lipinski definition) is 2. The molecule has 5 nitrogen and oxygen atoms in total. The number of likely N-dealkylation sites (tertiary alicyclic amines) is 1. The maximum Gasteiger partial charge on any atom is 0.224 e. The van der Waals surface area contributed by atoms with E-state index in [2.05, 4.69) is 5.32 Å². The molecule has 1 aromatic carbocycles. The van der Waals surface area contributed by atoms with Gasteiger partial charge in [0.1, 0.15) is 0 Å². The minimum atomic E-state index is -0.0157. The molecule has 0 spiro atoms. The summed E-state index contributed by atoms with van der Waals surface area (Å²) in [6.07, 6.45) is 9.80. The van der Waals surface area contributed by atoms with Gasteiger partial charge in [0.15, 0.2) is 0 Å². The van der Waals surface area contributed by atoms with E-state index in [9.17, 15) is 9.59 Å². The molecule has 1 saturated heterocycles. The number of amides is 2. The monoisotopic (exact) mass is 371 g/mol. The van der Waals surface area contributed by atoms with Crippen LogP contribution in [0.1, 0.15) is 63.4 Å². The zero-order valence-corrected chi connectivity index (χ0v) is 16.3. The van der Waals surface area contributed by atoms with E-state index in [0.717, 1.165) is 56.4 Å². The number of nitrogens with two attached hydrogens (primary N) is 1. The van der Waals surface area contributed by atoms with E-state index in [1.165, 1.54) is 19.3 Å². The van der Waals surface area contributed by atoms with Crippen molar-refractivity contribution < 1.29 is 9.59 Å². The SMILES string of the molecule is NCC1(CC(=O)Nc2ccc(CCC(=O)N3CCCC3)cc2)CCCCC1. The largest absolute Gasteiger partial charge is 0.343 e. The zero-order valence-electron chi connectivity index (χ0n) is 16.3. The van der Waals surface area contributed by atoms with Gasteiger partial charge in [-0.2, -0.15) is 0 Å². The third-order valence-electron chi connectivity index (χ3n) is 6.21. The molecule has 0 atom stereocenters. The van der Waals surface area contributed by atoms with Crippen LogP contribution in [0.5, 0.6) is 0 Å². The van der Waals surface area contributed by atoms with Gasteiger partial charge in [-0.3, -0.25) is 9.59 Å². The Hall–Kier alpha value is -1.88. The van der Waals surface area contributed by atoms with Gasteiger partial charge in [0.25, 0.3) is 0 Å². The highest BCUT2D eigenvalue weighted by molar-refractivity contribution is 5.91. The number of carbonyl (C=O) groups excluding carboxylic acids is 2. The highest BCUT2D eigenvalue weighted by atomic mass is 16.2. The van der Waals surface area contributed by atoms with Gasteiger partial charge in [-0.15, -0.1) is 0 Å². The fourth-order valence-corrected chi connectivity index (χ4v) is 4.43.